The van der Waals surface area contributed by atoms with E-state index in [1.807, 2.05) is 39.1 Å². The Morgan fingerprint density at radius 2 is 2.06 bits per heavy atom. The Kier molecular flexibility index (Phi) is 5.01. The van der Waals surface area contributed by atoms with Gasteiger partial charge in [-0.1, -0.05) is 13.0 Å². The molecule has 0 aliphatic heterocycles. The molecule has 17 heavy (non-hydrogen) atoms. The molecule has 1 amide bonds. The number of carbonyl (C=O) groups excluding carboxylic acids is 1. The van der Waals surface area contributed by atoms with Crippen molar-refractivity contribution in [2.45, 2.75) is 27.2 Å². The normalized spacial score (nSPS) is 10.1. The van der Waals surface area contributed by atoms with Crippen molar-refractivity contribution in [3.63, 3.8) is 0 Å². The van der Waals surface area contributed by atoms with E-state index in [2.05, 4.69) is 12.2 Å². The molecule has 1 rings (SSSR count). The average Bonchev–Trinajstić information content (AvgIpc) is 2.34. The molecule has 1 aromatic carbocycles. The van der Waals surface area contributed by atoms with Crippen molar-refractivity contribution in [3.05, 3.63) is 29.3 Å². The Morgan fingerprint density at radius 1 is 1.35 bits per heavy atom. The van der Waals surface area contributed by atoms with Gasteiger partial charge in [0.15, 0.2) is 0 Å². The van der Waals surface area contributed by atoms with Crippen LogP contribution in [0.15, 0.2) is 18.2 Å². The lowest BCUT2D eigenvalue weighted by Gasteiger charge is -2.18. The maximum Gasteiger partial charge on any atom is 0.255 e. The van der Waals surface area contributed by atoms with Crippen molar-refractivity contribution in [2.24, 2.45) is 0 Å². The molecule has 0 atom stereocenters. The van der Waals surface area contributed by atoms with Crippen LogP contribution in [0.3, 0.4) is 0 Å². The maximum atomic E-state index is 12.2. The lowest BCUT2D eigenvalue weighted by Crippen LogP contribution is -2.27. The standard InChI is InChI=1S/C14H22N2O/c1-5-9-15-13-10-11(3)7-8-12(13)14(17)16(4)6-2/h7-8,10,15H,5-6,9H2,1-4H3. The Balaban J connectivity index is 3.00. The summed E-state index contributed by atoms with van der Waals surface area (Å²) in [5.41, 5.74) is 2.87. The number of carbonyl (C=O) groups is 1. The topological polar surface area (TPSA) is 32.3 Å². The van der Waals surface area contributed by atoms with Crippen LogP contribution in [0.25, 0.3) is 0 Å². The highest BCUT2D eigenvalue weighted by molar-refractivity contribution is 5.99. The molecule has 0 spiro atoms. The van der Waals surface area contributed by atoms with Crippen LogP contribution < -0.4 is 5.32 Å². The predicted octanol–water partition coefficient (Wildman–Crippen LogP) is 2.91. The quantitative estimate of drug-likeness (QED) is 0.849. The van der Waals surface area contributed by atoms with Gasteiger partial charge in [0, 0.05) is 25.8 Å². The first-order chi connectivity index (χ1) is 8.10. The van der Waals surface area contributed by atoms with Gasteiger partial charge < -0.3 is 10.2 Å². The third kappa shape index (κ3) is 3.48. The zero-order valence-corrected chi connectivity index (χ0v) is 11.2. The fourth-order valence-electron chi connectivity index (χ4n) is 1.60. The summed E-state index contributed by atoms with van der Waals surface area (Å²) < 4.78 is 0. The molecule has 0 aliphatic carbocycles. The molecule has 1 N–H and O–H groups in total. The highest BCUT2D eigenvalue weighted by Crippen LogP contribution is 2.19. The Labute approximate surface area is 104 Å². The minimum Gasteiger partial charge on any atom is -0.384 e. The maximum absolute atomic E-state index is 12.2. The van der Waals surface area contributed by atoms with Crippen LogP contribution >= 0.6 is 0 Å². The van der Waals surface area contributed by atoms with Crippen LogP contribution in [0.5, 0.6) is 0 Å². The summed E-state index contributed by atoms with van der Waals surface area (Å²) in [6.07, 6.45) is 1.05. The number of aryl methyl sites for hydroxylation is 1. The van der Waals surface area contributed by atoms with E-state index in [9.17, 15) is 4.79 Å². The second-order valence-electron chi connectivity index (χ2n) is 4.30. The molecule has 1 aromatic rings. The monoisotopic (exact) mass is 234 g/mol. The molecule has 0 unspecified atom stereocenters. The number of nitrogens with one attached hydrogen (secondary N) is 1. The Hall–Kier alpha value is -1.51. The molecule has 0 saturated carbocycles. The van der Waals surface area contributed by atoms with E-state index in [-0.39, 0.29) is 5.91 Å². The zero-order valence-electron chi connectivity index (χ0n) is 11.2. The number of amides is 1. The van der Waals surface area contributed by atoms with Gasteiger partial charge in [-0.25, -0.2) is 0 Å². The van der Waals surface area contributed by atoms with E-state index in [1.165, 1.54) is 5.56 Å². The molecule has 0 aromatic heterocycles. The van der Waals surface area contributed by atoms with Gasteiger partial charge >= 0.3 is 0 Å². The zero-order chi connectivity index (χ0) is 12.8. The van der Waals surface area contributed by atoms with Crippen molar-refractivity contribution in [1.29, 1.82) is 0 Å². The van der Waals surface area contributed by atoms with Gasteiger partial charge in [0.05, 0.1) is 5.56 Å². The second-order valence-corrected chi connectivity index (χ2v) is 4.30. The van der Waals surface area contributed by atoms with Crippen molar-refractivity contribution in [1.82, 2.24) is 4.90 Å². The molecule has 3 nitrogen and oxygen atoms in total. The largest absolute Gasteiger partial charge is 0.384 e. The van der Waals surface area contributed by atoms with Crippen molar-refractivity contribution >= 4 is 11.6 Å². The van der Waals surface area contributed by atoms with Crippen molar-refractivity contribution in [3.8, 4) is 0 Å². The van der Waals surface area contributed by atoms with Crippen LogP contribution in [0.4, 0.5) is 5.69 Å². The lowest BCUT2D eigenvalue weighted by molar-refractivity contribution is 0.0803. The van der Waals surface area contributed by atoms with E-state index in [0.717, 1.165) is 30.8 Å². The predicted molar refractivity (Wildman–Crippen MR) is 72.6 cm³/mol. The first-order valence-electron chi connectivity index (χ1n) is 6.20. The fourth-order valence-corrected chi connectivity index (χ4v) is 1.60. The number of hydrogen-bond acceptors (Lipinski definition) is 2. The molecule has 3 heteroatoms. The summed E-state index contributed by atoms with van der Waals surface area (Å²) in [7, 11) is 1.83. The molecule has 0 saturated heterocycles. The van der Waals surface area contributed by atoms with E-state index >= 15 is 0 Å². The summed E-state index contributed by atoms with van der Waals surface area (Å²) in [5.74, 6) is 0.0751. The molecule has 0 aliphatic rings. The molecule has 0 bridgehead atoms. The van der Waals surface area contributed by atoms with E-state index in [4.69, 9.17) is 0 Å². The molecular weight excluding hydrogens is 212 g/mol. The van der Waals surface area contributed by atoms with Gasteiger partial charge in [0.1, 0.15) is 0 Å². The number of rotatable bonds is 5. The number of nitrogens with zero attached hydrogens (tertiary/aromatic N) is 1. The van der Waals surface area contributed by atoms with Gasteiger partial charge in [-0.3, -0.25) is 4.79 Å². The minimum atomic E-state index is 0.0751. The second kappa shape index (κ2) is 6.28. The summed E-state index contributed by atoms with van der Waals surface area (Å²) in [6.45, 7) is 7.74. The van der Waals surface area contributed by atoms with Crippen molar-refractivity contribution < 1.29 is 4.79 Å². The van der Waals surface area contributed by atoms with Gasteiger partial charge in [0.2, 0.25) is 0 Å². The van der Waals surface area contributed by atoms with Crippen LogP contribution in [0.2, 0.25) is 0 Å². The highest BCUT2D eigenvalue weighted by atomic mass is 16.2. The minimum absolute atomic E-state index is 0.0751. The van der Waals surface area contributed by atoms with Crippen LogP contribution in [-0.4, -0.2) is 30.9 Å². The van der Waals surface area contributed by atoms with Crippen molar-refractivity contribution in [2.75, 3.05) is 25.5 Å². The lowest BCUT2D eigenvalue weighted by atomic mass is 10.1. The van der Waals surface area contributed by atoms with Gasteiger partial charge in [-0.2, -0.15) is 0 Å². The van der Waals surface area contributed by atoms with Crippen LogP contribution in [-0.2, 0) is 0 Å². The Bertz CT molecular complexity index is 388. The van der Waals surface area contributed by atoms with Gasteiger partial charge in [-0.05, 0) is 38.0 Å². The van der Waals surface area contributed by atoms with E-state index in [0.29, 0.717) is 0 Å². The SMILES string of the molecule is CCCNc1cc(C)ccc1C(=O)N(C)CC. The van der Waals surface area contributed by atoms with E-state index < -0.39 is 0 Å². The number of hydrogen-bond donors (Lipinski definition) is 1. The first-order valence-corrected chi connectivity index (χ1v) is 6.20. The Morgan fingerprint density at radius 3 is 2.65 bits per heavy atom. The first kappa shape index (κ1) is 13.6. The number of anilines is 1. The molecular formula is C14H22N2O. The molecule has 94 valence electrons. The smallest absolute Gasteiger partial charge is 0.255 e. The summed E-state index contributed by atoms with van der Waals surface area (Å²) in [4.78, 5) is 13.9. The summed E-state index contributed by atoms with van der Waals surface area (Å²) in [5, 5.41) is 3.32. The fraction of sp³-hybridized carbons (Fsp3) is 0.500. The third-order valence-electron chi connectivity index (χ3n) is 2.79. The van der Waals surface area contributed by atoms with Crippen LogP contribution in [0, 0.1) is 6.92 Å². The van der Waals surface area contributed by atoms with E-state index in [1.54, 1.807) is 4.90 Å². The third-order valence-corrected chi connectivity index (χ3v) is 2.79. The van der Waals surface area contributed by atoms with Gasteiger partial charge in [0.25, 0.3) is 5.91 Å². The average molecular weight is 234 g/mol. The highest BCUT2D eigenvalue weighted by Gasteiger charge is 2.14. The van der Waals surface area contributed by atoms with Gasteiger partial charge in [-0.15, -0.1) is 0 Å². The summed E-state index contributed by atoms with van der Waals surface area (Å²) >= 11 is 0. The number of benzene rings is 1. The molecule has 0 fully saturated rings. The molecule has 0 radical (unpaired) electrons. The molecule has 0 heterocycles. The van der Waals surface area contributed by atoms with Crippen LogP contribution in [0.1, 0.15) is 36.2 Å². The summed E-state index contributed by atoms with van der Waals surface area (Å²) in [6, 6.07) is 5.92.